The van der Waals surface area contributed by atoms with Gasteiger partial charge in [-0.3, -0.25) is 14.6 Å². The Balaban J connectivity index is 2.34. The molecule has 0 aliphatic carbocycles. The van der Waals surface area contributed by atoms with Gasteiger partial charge in [0.05, 0.1) is 16.6 Å². The van der Waals surface area contributed by atoms with Crippen LogP contribution in [0.4, 0.5) is 0 Å². The number of hydrogen-bond donors (Lipinski definition) is 2. The van der Waals surface area contributed by atoms with Crippen molar-refractivity contribution in [3.63, 3.8) is 0 Å². The zero-order valence-electron chi connectivity index (χ0n) is 12.6. The van der Waals surface area contributed by atoms with Crippen molar-refractivity contribution in [2.24, 2.45) is 5.73 Å². The first kappa shape index (κ1) is 14.1. The summed E-state index contributed by atoms with van der Waals surface area (Å²) in [5.41, 5.74) is 8.66. The van der Waals surface area contributed by atoms with Gasteiger partial charge < -0.3 is 15.6 Å². The molecule has 0 saturated carbocycles. The van der Waals surface area contributed by atoms with Crippen molar-refractivity contribution in [2.45, 2.75) is 6.92 Å². The monoisotopic (exact) mass is 296 g/mol. The number of carbonyl (C=O) groups is 2. The SMILES string of the molecule is Cc1ccc(C(N)=O)c2[nH]c3cc(C(=O)N(C)C)ncc3c12. The highest BCUT2D eigenvalue weighted by atomic mass is 16.2. The van der Waals surface area contributed by atoms with Gasteiger partial charge in [-0.2, -0.15) is 0 Å². The highest BCUT2D eigenvalue weighted by Crippen LogP contribution is 2.30. The van der Waals surface area contributed by atoms with Crippen LogP contribution in [0, 0.1) is 6.92 Å². The molecule has 0 spiro atoms. The summed E-state index contributed by atoms with van der Waals surface area (Å²) in [5, 5.41) is 1.77. The molecule has 6 heteroatoms. The minimum absolute atomic E-state index is 0.174. The highest BCUT2D eigenvalue weighted by molar-refractivity contribution is 6.16. The van der Waals surface area contributed by atoms with E-state index in [0.717, 1.165) is 21.9 Å². The molecule has 3 aromatic rings. The van der Waals surface area contributed by atoms with E-state index in [1.807, 2.05) is 13.0 Å². The average Bonchev–Trinajstić information content (AvgIpc) is 2.85. The van der Waals surface area contributed by atoms with Crippen LogP contribution < -0.4 is 5.73 Å². The first-order valence-electron chi connectivity index (χ1n) is 6.82. The van der Waals surface area contributed by atoms with Crippen LogP contribution in [-0.4, -0.2) is 40.8 Å². The summed E-state index contributed by atoms with van der Waals surface area (Å²) < 4.78 is 0. The number of rotatable bonds is 2. The Kier molecular flexibility index (Phi) is 3.09. The number of H-pyrrole nitrogens is 1. The predicted octanol–water partition coefficient (Wildman–Crippen LogP) is 1.83. The molecular weight excluding hydrogens is 280 g/mol. The number of amides is 2. The number of nitrogens with zero attached hydrogens (tertiary/aromatic N) is 2. The maximum atomic E-state index is 12.0. The van der Waals surface area contributed by atoms with E-state index < -0.39 is 5.91 Å². The number of carbonyl (C=O) groups excluding carboxylic acids is 2. The fraction of sp³-hybridized carbons (Fsp3) is 0.188. The number of benzene rings is 1. The Morgan fingerprint density at radius 2 is 2.00 bits per heavy atom. The lowest BCUT2D eigenvalue weighted by atomic mass is 10.0. The summed E-state index contributed by atoms with van der Waals surface area (Å²) in [7, 11) is 3.35. The van der Waals surface area contributed by atoms with Crippen LogP contribution >= 0.6 is 0 Å². The molecule has 1 aromatic carbocycles. The third-order valence-corrected chi connectivity index (χ3v) is 3.74. The molecule has 0 saturated heterocycles. The van der Waals surface area contributed by atoms with Crippen LogP contribution in [0.15, 0.2) is 24.4 Å². The van der Waals surface area contributed by atoms with Crippen LogP contribution in [0.5, 0.6) is 0 Å². The van der Waals surface area contributed by atoms with Crippen molar-refractivity contribution < 1.29 is 9.59 Å². The zero-order valence-corrected chi connectivity index (χ0v) is 12.6. The number of pyridine rings is 1. The van der Waals surface area contributed by atoms with Gasteiger partial charge >= 0.3 is 0 Å². The number of nitrogens with two attached hydrogens (primary N) is 1. The molecule has 2 heterocycles. The molecule has 0 aliphatic heterocycles. The first-order valence-corrected chi connectivity index (χ1v) is 6.82. The number of nitrogens with one attached hydrogen (secondary N) is 1. The topological polar surface area (TPSA) is 92.1 Å². The van der Waals surface area contributed by atoms with Gasteiger partial charge in [0, 0.05) is 31.1 Å². The smallest absolute Gasteiger partial charge is 0.272 e. The number of primary amides is 1. The second kappa shape index (κ2) is 4.84. The minimum Gasteiger partial charge on any atom is -0.366 e. The van der Waals surface area contributed by atoms with Gasteiger partial charge in [0.25, 0.3) is 11.8 Å². The Hall–Kier alpha value is -2.89. The maximum Gasteiger partial charge on any atom is 0.272 e. The third-order valence-electron chi connectivity index (χ3n) is 3.74. The zero-order chi connectivity index (χ0) is 16.0. The molecule has 0 aliphatic rings. The van der Waals surface area contributed by atoms with Crippen molar-refractivity contribution in [3.8, 4) is 0 Å². The number of aryl methyl sites for hydroxylation is 1. The molecule has 0 bridgehead atoms. The highest BCUT2D eigenvalue weighted by Gasteiger charge is 2.16. The molecule has 3 rings (SSSR count). The van der Waals surface area contributed by atoms with E-state index in [1.165, 1.54) is 4.90 Å². The summed E-state index contributed by atoms with van der Waals surface area (Å²) in [6, 6.07) is 5.26. The Morgan fingerprint density at radius 3 is 2.64 bits per heavy atom. The van der Waals surface area contributed by atoms with Crippen LogP contribution in [0.3, 0.4) is 0 Å². The van der Waals surface area contributed by atoms with Crippen LogP contribution in [0.25, 0.3) is 21.8 Å². The van der Waals surface area contributed by atoms with E-state index in [9.17, 15) is 9.59 Å². The molecule has 3 N–H and O–H groups in total. The number of aromatic amines is 1. The van der Waals surface area contributed by atoms with E-state index in [0.29, 0.717) is 16.8 Å². The molecule has 6 nitrogen and oxygen atoms in total. The normalized spacial score (nSPS) is 11.0. The van der Waals surface area contributed by atoms with Gasteiger partial charge in [-0.25, -0.2) is 0 Å². The third kappa shape index (κ3) is 2.00. The standard InChI is InChI=1S/C16H16N4O2/c1-8-4-5-9(15(17)21)14-13(8)10-7-18-12(6-11(10)19-14)16(22)20(2)3/h4-7,19H,1-3H3,(H2,17,21). The summed E-state index contributed by atoms with van der Waals surface area (Å²) in [4.78, 5) is 32.5. The van der Waals surface area contributed by atoms with Crippen molar-refractivity contribution >= 4 is 33.6 Å². The fourth-order valence-corrected chi connectivity index (χ4v) is 2.63. The minimum atomic E-state index is -0.492. The van der Waals surface area contributed by atoms with E-state index >= 15 is 0 Å². The van der Waals surface area contributed by atoms with Gasteiger partial charge in [-0.05, 0) is 24.6 Å². The van der Waals surface area contributed by atoms with Crippen molar-refractivity contribution in [1.82, 2.24) is 14.9 Å². The van der Waals surface area contributed by atoms with E-state index in [4.69, 9.17) is 5.73 Å². The second-order valence-electron chi connectivity index (χ2n) is 5.48. The quantitative estimate of drug-likeness (QED) is 0.755. The predicted molar refractivity (Wildman–Crippen MR) is 84.9 cm³/mol. The Bertz CT molecular complexity index is 925. The summed E-state index contributed by atoms with van der Waals surface area (Å²) in [6.07, 6.45) is 1.66. The second-order valence-corrected chi connectivity index (χ2v) is 5.48. The van der Waals surface area contributed by atoms with Crippen molar-refractivity contribution in [3.05, 3.63) is 41.2 Å². The average molecular weight is 296 g/mol. The molecule has 22 heavy (non-hydrogen) atoms. The molecule has 2 amide bonds. The lowest BCUT2D eigenvalue weighted by Crippen LogP contribution is -2.22. The van der Waals surface area contributed by atoms with Gasteiger partial charge in [0.15, 0.2) is 0 Å². The first-order chi connectivity index (χ1) is 10.4. The fourth-order valence-electron chi connectivity index (χ4n) is 2.63. The van der Waals surface area contributed by atoms with Crippen LogP contribution in [-0.2, 0) is 0 Å². The number of aromatic nitrogens is 2. The lowest BCUT2D eigenvalue weighted by Gasteiger charge is -2.08. The van der Waals surface area contributed by atoms with Crippen molar-refractivity contribution in [1.29, 1.82) is 0 Å². The molecule has 0 atom stereocenters. The van der Waals surface area contributed by atoms with Gasteiger partial charge in [0.2, 0.25) is 0 Å². The molecule has 0 radical (unpaired) electrons. The maximum absolute atomic E-state index is 12.0. The molecule has 0 fully saturated rings. The van der Waals surface area contributed by atoms with E-state index in [-0.39, 0.29) is 5.91 Å². The lowest BCUT2D eigenvalue weighted by molar-refractivity contribution is 0.0822. The number of fused-ring (bicyclic) bond motifs is 3. The van der Waals surface area contributed by atoms with Crippen molar-refractivity contribution in [2.75, 3.05) is 14.1 Å². The van der Waals surface area contributed by atoms with Gasteiger partial charge in [0.1, 0.15) is 5.69 Å². The van der Waals surface area contributed by atoms with E-state index in [1.54, 1.807) is 32.4 Å². The molecular formula is C16H16N4O2. The van der Waals surface area contributed by atoms with Crippen LogP contribution in [0.1, 0.15) is 26.4 Å². The molecule has 2 aromatic heterocycles. The summed E-state index contributed by atoms with van der Waals surface area (Å²) >= 11 is 0. The largest absolute Gasteiger partial charge is 0.366 e. The Morgan fingerprint density at radius 1 is 1.27 bits per heavy atom. The molecule has 112 valence electrons. The van der Waals surface area contributed by atoms with E-state index in [2.05, 4.69) is 9.97 Å². The number of hydrogen-bond acceptors (Lipinski definition) is 3. The van der Waals surface area contributed by atoms with Gasteiger partial charge in [-0.15, -0.1) is 0 Å². The summed E-state index contributed by atoms with van der Waals surface area (Å²) in [6.45, 7) is 1.96. The van der Waals surface area contributed by atoms with Crippen LogP contribution in [0.2, 0.25) is 0 Å². The summed E-state index contributed by atoms with van der Waals surface area (Å²) in [5.74, 6) is -0.665. The Labute approximate surface area is 126 Å². The molecule has 0 unspecified atom stereocenters. The van der Waals surface area contributed by atoms with Gasteiger partial charge in [-0.1, -0.05) is 6.07 Å².